The van der Waals surface area contributed by atoms with Gasteiger partial charge in [0.25, 0.3) is 5.91 Å². The SMILES string of the molecule is CC(C)CNC(=O)C(c1cccnc1)N(C(=O)c1cnc[nH]1)c1ccc(C(C)(C)C)cc1. The van der Waals surface area contributed by atoms with E-state index in [9.17, 15) is 9.59 Å². The molecule has 0 aliphatic heterocycles. The predicted octanol–water partition coefficient (Wildman–Crippen LogP) is 4.26. The Bertz CT molecular complexity index is 1020. The minimum absolute atomic E-state index is 0.0336. The highest BCUT2D eigenvalue weighted by molar-refractivity contribution is 6.09. The molecule has 2 amide bonds. The summed E-state index contributed by atoms with van der Waals surface area (Å²) in [6.07, 6.45) is 6.18. The molecule has 1 atom stereocenters. The summed E-state index contributed by atoms with van der Waals surface area (Å²) in [5, 5.41) is 2.98. The molecule has 0 aliphatic carbocycles. The lowest BCUT2D eigenvalue weighted by molar-refractivity contribution is -0.122. The van der Waals surface area contributed by atoms with Gasteiger partial charge in [0.1, 0.15) is 11.7 Å². The number of hydrogen-bond donors (Lipinski definition) is 2. The Morgan fingerprint density at radius 2 is 1.78 bits per heavy atom. The fourth-order valence-corrected chi connectivity index (χ4v) is 3.37. The van der Waals surface area contributed by atoms with E-state index in [4.69, 9.17) is 0 Å². The molecule has 0 saturated heterocycles. The number of anilines is 1. The minimum Gasteiger partial charge on any atom is -0.354 e. The van der Waals surface area contributed by atoms with E-state index >= 15 is 0 Å². The van der Waals surface area contributed by atoms with Crippen LogP contribution in [0.3, 0.4) is 0 Å². The summed E-state index contributed by atoms with van der Waals surface area (Å²) in [7, 11) is 0. The lowest BCUT2D eigenvalue weighted by Gasteiger charge is -2.31. The van der Waals surface area contributed by atoms with Gasteiger partial charge in [-0.25, -0.2) is 4.98 Å². The highest BCUT2D eigenvalue weighted by atomic mass is 16.2. The van der Waals surface area contributed by atoms with Crippen molar-refractivity contribution in [2.75, 3.05) is 11.4 Å². The van der Waals surface area contributed by atoms with Crippen molar-refractivity contribution < 1.29 is 9.59 Å². The first kappa shape index (κ1) is 23.2. The maximum absolute atomic E-state index is 13.6. The van der Waals surface area contributed by atoms with Crippen LogP contribution in [0.4, 0.5) is 5.69 Å². The average Bonchev–Trinajstić information content (AvgIpc) is 3.30. The molecule has 7 heteroatoms. The third-order valence-corrected chi connectivity index (χ3v) is 5.15. The van der Waals surface area contributed by atoms with Crippen molar-refractivity contribution in [3.63, 3.8) is 0 Å². The van der Waals surface area contributed by atoms with Gasteiger partial charge in [-0.15, -0.1) is 0 Å². The predicted molar refractivity (Wildman–Crippen MR) is 125 cm³/mol. The second-order valence-electron chi connectivity index (χ2n) is 9.27. The van der Waals surface area contributed by atoms with Gasteiger partial charge in [0.15, 0.2) is 0 Å². The number of amides is 2. The topological polar surface area (TPSA) is 91.0 Å². The lowest BCUT2D eigenvalue weighted by Crippen LogP contribution is -2.45. The molecule has 0 radical (unpaired) electrons. The Labute approximate surface area is 189 Å². The summed E-state index contributed by atoms with van der Waals surface area (Å²) in [5.41, 5.74) is 2.65. The number of imidazole rings is 1. The summed E-state index contributed by atoms with van der Waals surface area (Å²) < 4.78 is 0. The number of H-pyrrole nitrogens is 1. The number of nitrogens with one attached hydrogen (secondary N) is 2. The first-order chi connectivity index (χ1) is 15.2. The van der Waals surface area contributed by atoms with Crippen LogP contribution in [0.2, 0.25) is 0 Å². The van der Waals surface area contributed by atoms with E-state index < -0.39 is 6.04 Å². The van der Waals surface area contributed by atoms with Crippen molar-refractivity contribution in [2.45, 2.75) is 46.1 Å². The molecule has 1 unspecified atom stereocenters. The van der Waals surface area contributed by atoms with Crippen molar-refractivity contribution in [3.8, 4) is 0 Å². The normalized spacial score (nSPS) is 12.4. The van der Waals surface area contributed by atoms with Crippen molar-refractivity contribution in [1.82, 2.24) is 20.3 Å². The van der Waals surface area contributed by atoms with Gasteiger partial charge < -0.3 is 10.3 Å². The van der Waals surface area contributed by atoms with Crippen LogP contribution in [0.15, 0.2) is 61.3 Å². The molecule has 168 valence electrons. The molecule has 3 rings (SSSR count). The summed E-state index contributed by atoms with van der Waals surface area (Å²) in [6.45, 7) is 11.0. The summed E-state index contributed by atoms with van der Waals surface area (Å²) in [6, 6.07) is 10.4. The molecule has 0 fully saturated rings. The molecule has 0 saturated carbocycles. The van der Waals surface area contributed by atoms with Gasteiger partial charge in [-0.3, -0.25) is 19.5 Å². The second-order valence-corrected chi connectivity index (χ2v) is 9.27. The molecule has 2 aromatic heterocycles. The zero-order chi connectivity index (χ0) is 23.3. The van der Waals surface area contributed by atoms with Gasteiger partial charge in [-0.1, -0.05) is 52.8 Å². The van der Waals surface area contributed by atoms with Gasteiger partial charge in [0.05, 0.1) is 12.5 Å². The fourth-order valence-electron chi connectivity index (χ4n) is 3.37. The molecular formula is C25H31N5O2. The second kappa shape index (κ2) is 9.77. The van der Waals surface area contributed by atoms with Crippen LogP contribution in [0.25, 0.3) is 0 Å². The Hall–Kier alpha value is -3.48. The quantitative estimate of drug-likeness (QED) is 0.582. The maximum Gasteiger partial charge on any atom is 0.277 e. The fraction of sp³-hybridized carbons (Fsp3) is 0.360. The molecule has 2 N–H and O–H groups in total. The van der Waals surface area contributed by atoms with Crippen LogP contribution in [0.1, 0.15) is 62.3 Å². The monoisotopic (exact) mass is 433 g/mol. The van der Waals surface area contributed by atoms with Crippen molar-refractivity contribution in [2.24, 2.45) is 5.92 Å². The third kappa shape index (κ3) is 5.41. The molecule has 0 bridgehead atoms. The van der Waals surface area contributed by atoms with E-state index in [-0.39, 0.29) is 23.1 Å². The highest BCUT2D eigenvalue weighted by Gasteiger charge is 2.34. The first-order valence-electron chi connectivity index (χ1n) is 10.8. The number of carbonyl (C=O) groups excluding carboxylic acids is 2. The maximum atomic E-state index is 13.6. The Kier molecular flexibility index (Phi) is 7.08. The number of pyridine rings is 1. The molecule has 2 heterocycles. The van der Waals surface area contributed by atoms with Crippen molar-refractivity contribution >= 4 is 17.5 Å². The van der Waals surface area contributed by atoms with Crippen LogP contribution < -0.4 is 10.2 Å². The van der Waals surface area contributed by atoms with Crippen LogP contribution in [-0.2, 0) is 10.2 Å². The Balaban J connectivity index is 2.11. The molecular weight excluding hydrogens is 402 g/mol. The van der Waals surface area contributed by atoms with Crippen molar-refractivity contribution in [3.05, 3.63) is 78.1 Å². The minimum atomic E-state index is -0.890. The number of carbonyl (C=O) groups is 2. The van der Waals surface area contributed by atoms with Crippen LogP contribution in [0, 0.1) is 5.92 Å². The summed E-state index contributed by atoms with van der Waals surface area (Å²) >= 11 is 0. The number of hydrogen-bond acceptors (Lipinski definition) is 4. The number of aromatic nitrogens is 3. The molecule has 0 aliphatic rings. The van der Waals surface area contributed by atoms with Gasteiger partial charge in [0.2, 0.25) is 5.91 Å². The van der Waals surface area contributed by atoms with Gasteiger partial charge in [0, 0.05) is 30.2 Å². The highest BCUT2D eigenvalue weighted by Crippen LogP contribution is 2.31. The van der Waals surface area contributed by atoms with Gasteiger partial charge in [-0.05, 0) is 35.1 Å². The van der Waals surface area contributed by atoms with E-state index in [2.05, 4.69) is 41.0 Å². The zero-order valence-electron chi connectivity index (χ0n) is 19.3. The molecule has 0 spiro atoms. The molecule has 1 aromatic carbocycles. The van der Waals surface area contributed by atoms with Gasteiger partial charge in [-0.2, -0.15) is 0 Å². The molecule has 3 aromatic rings. The van der Waals surface area contributed by atoms with Crippen LogP contribution >= 0.6 is 0 Å². The zero-order valence-corrected chi connectivity index (χ0v) is 19.3. The van der Waals surface area contributed by atoms with E-state index in [1.165, 1.54) is 17.4 Å². The molecule has 7 nitrogen and oxygen atoms in total. The lowest BCUT2D eigenvalue weighted by atomic mass is 9.87. The number of rotatable bonds is 7. The number of aromatic amines is 1. The van der Waals surface area contributed by atoms with Crippen LogP contribution in [0.5, 0.6) is 0 Å². The summed E-state index contributed by atoms with van der Waals surface area (Å²) in [4.78, 5) is 39.6. The summed E-state index contributed by atoms with van der Waals surface area (Å²) in [5.74, 6) is -0.338. The van der Waals surface area contributed by atoms with E-state index in [1.54, 1.807) is 18.5 Å². The average molecular weight is 434 g/mol. The van der Waals surface area contributed by atoms with E-state index in [0.717, 1.165) is 5.56 Å². The van der Waals surface area contributed by atoms with Crippen LogP contribution in [-0.4, -0.2) is 33.3 Å². The van der Waals surface area contributed by atoms with E-state index in [1.807, 2.05) is 44.2 Å². The largest absolute Gasteiger partial charge is 0.354 e. The number of benzene rings is 1. The van der Waals surface area contributed by atoms with E-state index in [0.29, 0.717) is 23.5 Å². The first-order valence-corrected chi connectivity index (χ1v) is 10.8. The third-order valence-electron chi connectivity index (χ3n) is 5.15. The smallest absolute Gasteiger partial charge is 0.277 e. The Morgan fingerprint density at radius 1 is 1.06 bits per heavy atom. The number of nitrogens with zero attached hydrogens (tertiary/aromatic N) is 3. The van der Waals surface area contributed by atoms with Gasteiger partial charge >= 0.3 is 0 Å². The standard InChI is InChI=1S/C25H31N5O2/c1-17(2)13-28-23(31)22(18-7-6-12-26-14-18)30(24(32)21-15-27-16-29-21)20-10-8-19(9-11-20)25(3,4)5/h6-12,14-17,22H,13H2,1-5H3,(H,27,29)(H,28,31). The van der Waals surface area contributed by atoms with Crippen molar-refractivity contribution in [1.29, 1.82) is 0 Å². The molecule has 32 heavy (non-hydrogen) atoms. The Morgan fingerprint density at radius 3 is 2.31 bits per heavy atom.